The Morgan fingerprint density at radius 3 is 2.58 bits per heavy atom. The molecule has 9 nitrogen and oxygen atoms in total. The highest BCUT2D eigenvalue weighted by molar-refractivity contribution is 5.84. The molecule has 2 fully saturated rings. The maximum absolute atomic E-state index is 15.3. The van der Waals surface area contributed by atoms with E-state index in [4.69, 9.17) is 14.8 Å². The van der Waals surface area contributed by atoms with E-state index in [9.17, 15) is 13.6 Å². The number of carboxylic acids is 1. The van der Waals surface area contributed by atoms with Crippen molar-refractivity contribution in [1.82, 2.24) is 24.4 Å². The Bertz CT molecular complexity index is 1600. The number of anilines is 1. The fourth-order valence-electron chi connectivity index (χ4n) is 6.18. The number of nitrogens with zero attached hydrogens (tertiary/aromatic N) is 6. The molecule has 4 aromatic rings. The van der Waals surface area contributed by atoms with Crippen molar-refractivity contribution in [2.45, 2.75) is 25.0 Å². The largest absolute Gasteiger partial charge is 0.480 e. The number of piperazine rings is 1. The Hall–Kier alpha value is -4.19. The molecule has 7 rings (SSSR count). The number of hydrogen-bond donors (Lipinski definition) is 1. The van der Waals surface area contributed by atoms with E-state index in [1.165, 1.54) is 6.07 Å². The molecule has 2 aliphatic heterocycles. The zero-order valence-corrected chi connectivity index (χ0v) is 21.3. The minimum atomic E-state index is -2.94. The summed E-state index contributed by atoms with van der Waals surface area (Å²) in [5.41, 5.74) is 2.72. The van der Waals surface area contributed by atoms with E-state index < -0.39 is 18.4 Å². The summed E-state index contributed by atoms with van der Waals surface area (Å²) >= 11 is 0. The first kappa shape index (κ1) is 24.8. The van der Waals surface area contributed by atoms with Crippen LogP contribution < -0.4 is 9.64 Å². The predicted octanol–water partition coefficient (Wildman–Crippen LogP) is 4.15. The summed E-state index contributed by atoms with van der Waals surface area (Å²) in [6.07, 6.45) is 4.06. The van der Waals surface area contributed by atoms with E-state index in [1.54, 1.807) is 42.7 Å². The lowest BCUT2D eigenvalue weighted by Gasteiger charge is -2.33. The van der Waals surface area contributed by atoms with Crippen LogP contribution in [0.15, 0.2) is 48.8 Å². The van der Waals surface area contributed by atoms with E-state index in [1.807, 2.05) is 14.4 Å². The topological polar surface area (TPSA) is 96.6 Å². The van der Waals surface area contributed by atoms with Crippen molar-refractivity contribution >= 4 is 23.0 Å². The highest BCUT2D eigenvalue weighted by atomic mass is 19.3. The molecule has 1 aliphatic carbocycles. The lowest BCUT2D eigenvalue weighted by atomic mass is 10.0. The third-order valence-electron chi connectivity index (χ3n) is 8.08. The molecule has 3 atom stereocenters. The number of carbonyl (C=O) groups is 1. The molecule has 206 valence electrons. The molecule has 1 N–H and O–H groups in total. The van der Waals surface area contributed by atoms with E-state index in [0.717, 1.165) is 12.2 Å². The lowest BCUT2D eigenvalue weighted by molar-refractivity contribution is -0.138. The molecule has 1 saturated carbocycles. The molecule has 4 heterocycles. The van der Waals surface area contributed by atoms with Gasteiger partial charge in [0.1, 0.15) is 17.4 Å². The first-order valence-corrected chi connectivity index (χ1v) is 13.1. The van der Waals surface area contributed by atoms with E-state index in [-0.39, 0.29) is 30.2 Å². The summed E-state index contributed by atoms with van der Waals surface area (Å²) in [4.78, 5) is 28.5. The van der Waals surface area contributed by atoms with Crippen LogP contribution in [0.4, 0.5) is 19.1 Å². The van der Waals surface area contributed by atoms with Crippen LogP contribution >= 0.6 is 0 Å². The zero-order chi connectivity index (χ0) is 27.5. The number of ether oxygens (including phenoxy) is 1. The lowest BCUT2D eigenvalue weighted by Crippen LogP contribution is -2.48. The van der Waals surface area contributed by atoms with Crippen molar-refractivity contribution < 1.29 is 27.8 Å². The number of hydrogen-bond acceptors (Lipinski definition) is 7. The average molecular weight is 551 g/mol. The second kappa shape index (κ2) is 9.47. The van der Waals surface area contributed by atoms with Crippen LogP contribution in [-0.2, 0) is 4.79 Å². The SMILES string of the molecule is O=C(O)CN1CCN(c2ncc(-c3cc4c(cc3F)nc3n4[C@@H](c4ccccc4OC(F)F)[C@H]4C[C@@H]34)cn2)CC1. The van der Waals surface area contributed by atoms with Crippen molar-refractivity contribution in [3.05, 3.63) is 66.0 Å². The van der Waals surface area contributed by atoms with E-state index in [0.29, 0.717) is 59.9 Å². The quantitative estimate of drug-likeness (QED) is 0.367. The molecular formula is C28H25F3N6O3. The van der Waals surface area contributed by atoms with Crippen LogP contribution in [-0.4, -0.2) is 74.8 Å². The second-order valence-corrected chi connectivity index (χ2v) is 10.5. The van der Waals surface area contributed by atoms with Gasteiger partial charge in [0.25, 0.3) is 0 Å². The van der Waals surface area contributed by atoms with Gasteiger partial charge in [0.05, 0.1) is 23.6 Å². The van der Waals surface area contributed by atoms with Crippen molar-refractivity contribution in [1.29, 1.82) is 0 Å². The van der Waals surface area contributed by atoms with Gasteiger partial charge in [-0.2, -0.15) is 8.78 Å². The van der Waals surface area contributed by atoms with E-state index >= 15 is 4.39 Å². The minimum absolute atomic E-state index is 0.000859. The summed E-state index contributed by atoms with van der Waals surface area (Å²) in [5.74, 6) is 0.587. The first-order valence-electron chi connectivity index (χ1n) is 13.1. The number of para-hydroxylation sites is 1. The standard InChI is InChI=1S/C28H25F3N6O3/c29-20-11-21-22(10-17(20)15-12-32-28(33-13-15)36-7-5-35(6-8-36)14-24(38)39)37-25(18-9-19(18)26(37)34-21)16-3-1-2-4-23(16)40-27(30)31/h1-4,10-13,18-19,25,27H,5-9,14H2,(H,38,39)/t18-,19+,25-/m0/s1. The van der Waals surface area contributed by atoms with Gasteiger partial charge >= 0.3 is 12.6 Å². The Morgan fingerprint density at radius 2 is 1.85 bits per heavy atom. The molecule has 2 aromatic heterocycles. The van der Waals surface area contributed by atoms with Crippen molar-refractivity contribution in [3.63, 3.8) is 0 Å². The molecule has 0 amide bonds. The van der Waals surface area contributed by atoms with Crippen LogP contribution in [0.3, 0.4) is 0 Å². The molecule has 0 spiro atoms. The molecule has 0 unspecified atom stereocenters. The minimum Gasteiger partial charge on any atom is -0.480 e. The molecule has 0 bridgehead atoms. The number of carboxylic acid groups (broad SMARTS) is 1. The van der Waals surface area contributed by atoms with Crippen LogP contribution in [0.1, 0.15) is 29.8 Å². The fraction of sp³-hybridized carbons (Fsp3) is 0.357. The van der Waals surface area contributed by atoms with Crippen molar-refractivity contribution in [2.75, 3.05) is 37.6 Å². The van der Waals surface area contributed by atoms with Crippen molar-refractivity contribution in [3.8, 4) is 16.9 Å². The van der Waals surface area contributed by atoms with Gasteiger partial charge in [-0.15, -0.1) is 0 Å². The fourth-order valence-corrected chi connectivity index (χ4v) is 6.18. The normalized spacial score (nSPS) is 22.0. The summed E-state index contributed by atoms with van der Waals surface area (Å²) < 4.78 is 48.5. The third-order valence-corrected chi connectivity index (χ3v) is 8.08. The van der Waals surface area contributed by atoms with Gasteiger partial charge in [0, 0.05) is 67.2 Å². The summed E-state index contributed by atoms with van der Waals surface area (Å²) in [7, 11) is 0. The van der Waals surface area contributed by atoms with Gasteiger partial charge in [0.15, 0.2) is 0 Å². The summed E-state index contributed by atoms with van der Waals surface area (Å²) in [6, 6.07) is 9.72. The van der Waals surface area contributed by atoms with Gasteiger partial charge in [-0.05, 0) is 24.5 Å². The van der Waals surface area contributed by atoms with Gasteiger partial charge in [-0.3, -0.25) is 9.69 Å². The molecular weight excluding hydrogens is 525 g/mol. The van der Waals surface area contributed by atoms with Crippen molar-refractivity contribution in [2.24, 2.45) is 5.92 Å². The number of benzene rings is 2. The number of fused-ring (bicyclic) bond motifs is 5. The highest BCUT2D eigenvalue weighted by Crippen LogP contribution is 2.63. The number of aromatic nitrogens is 4. The molecule has 40 heavy (non-hydrogen) atoms. The van der Waals surface area contributed by atoms with Gasteiger partial charge in [-0.1, -0.05) is 18.2 Å². The van der Waals surface area contributed by atoms with Gasteiger partial charge in [-0.25, -0.2) is 19.3 Å². The molecule has 3 aliphatic rings. The smallest absolute Gasteiger partial charge is 0.387 e. The Kier molecular flexibility index (Phi) is 5.88. The first-order chi connectivity index (χ1) is 19.4. The van der Waals surface area contributed by atoms with Crippen LogP contribution in [0.5, 0.6) is 5.75 Å². The van der Waals surface area contributed by atoms with E-state index in [2.05, 4.69) is 9.97 Å². The number of alkyl halides is 2. The Labute approximate surface area is 226 Å². The van der Waals surface area contributed by atoms with Gasteiger partial charge in [0.2, 0.25) is 5.95 Å². The summed E-state index contributed by atoms with van der Waals surface area (Å²) in [5, 5.41) is 9.00. The number of halogens is 3. The maximum atomic E-state index is 15.3. The van der Waals surface area contributed by atoms with Crippen LogP contribution in [0.25, 0.3) is 22.2 Å². The Balaban J connectivity index is 1.20. The monoisotopic (exact) mass is 550 g/mol. The maximum Gasteiger partial charge on any atom is 0.387 e. The predicted molar refractivity (Wildman–Crippen MR) is 139 cm³/mol. The third kappa shape index (κ3) is 4.23. The molecule has 12 heteroatoms. The number of imidazole rings is 1. The average Bonchev–Trinajstić information content (AvgIpc) is 3.54. The van der Waals surface area contributed by atoms with Gasteiger partial charge < -0.3 is 19.3 Å². The van der Waals surface area contributed by atoms with Crippen LogP contribution in [0, 0.1) is 11.7 Å². The molecule has 0 radical (unpaired) electrons. The zero-order valence-electron chi connectivity index (χ0n) is 21.3. The Morgan fingerprint density at radius 1 is 1.10 bits per heavy atom. The molecule has 2 aromatic carbocycles. The van der Waals surface area contributed by atoms with Crippen LogP contribution in [0.2, 0.25) is 0 Å². The molecule has 1 saturated heterocycles. The summed E-state index contributed by atoms with van der Waals surface area (Å²) in [6.45, 7) is -0.576. The number of rotatable bonds is 7. The highest BCUT2D eigenvalue weighted by Gasteiger charge is 2.55. The second-order valence-electron chi connectivity index (χ2n) is 10.5. The number of aliphatic carboxylic acids is 1.